The molecule has 3 amide bonds. The van der Waals surface area contributed by atoms with E-state index in [0.717, 1.165) is 11.1 Å². The van der Waals surface area contributed by atoms with Crippen molar-refractivity contribution in [2.75, 3.05) is 11.4 Å². The third-order valence-corrected chi connectivity index (χ3v) is 5.65. The summed E-state index contributed by atoms with van der Waals surface area (Å²) in [6.45, 7) is 11.5. The van der Waals surface area contributed by atoms with Crippen LogP contribution in [0.4, 0.5) is 5.69 Å². The molecular weight excluding hydrogens is 454 g/mol. The molecule has 36 heavy (non-hydrogen) atoms. The lowest BCUT2D eigenvalue weighted by atomic mass is 9.96. The number of hydrogen-bond donors (Lipinski definition) is 2. The largest absolute Gasteiger partial charge is 0.459 e. The molecule has 2 aromatic carbocycles. The second kappa shape index (κ2) is 11.2. The Morgan fingerprint density at radius 2 is 1.53 bits per heavy atom. The van der Waals surface area contributed by atoms with Gasteiger partial charge in [-0.2, -0.15) is 0 Å². The Labute approximate surface area is 212 Å². The molecule has 190 valence electrons. The molecule has 0 spiro atoms. The average Bonchev–Trinajstić information content (AvgIpc) is 3.35. The number of hydrogen-bond acceptors (Lipinski definition) is 4. The molecule has 0 unspecified atom stereocenters. The van der Waals surface area contributed by atoms with Crippen molar-refractivity contribution in [1.82, 2.24) is 10.6 Å². The van der Waals surface area contributed by atoms with Crippen molar-refractivity contribution < 1.29 is 18.8 Å². The molecule has 0 saturated carbocycles. The fourth-order valence-electron chi connectivity index (χ4n) is 3.80. The monoisotopic (exact) mass is 489 g/mol. The third-order valence-electron chi connectivity index (χ3n) is 5.65. The highest BCUT2D eigenvalue weighted by Gasteiger charge is 2.34. The van der Waals surface area contributed by atoms with E-state index in [1.165, 1.54) is 17.2 Å². The minimum Gasteiger partial charge on any atom is -0.459 e. The number of carbonyl (C=O) groups excluding carboxylic acids is 3. The summed E-state index contributed by atoms with van der Waals surface area (Å²) >= 11 is 0. The molecular formula is C29H35N3O4. The maximum Gasteiger partial charge on any atom is 0.287 e. The minimum atomic E-state index is -0.943. The van der Waals surface area contributed by atoms with Crippen LogP contribution >= 0.6 is 0 Å². The van der Waals surface area contributed by atoms with E-state index in [9.17, 15) is 14.4 Å². The molecule has 7 heteroatoms. The Morgan fingerprint density at radius 3 is 2.06 bits per heavy atom. The van der Waals surface area contributed by atoms with Gasteiger partial charge >= 0.3 is 0 Å². The lowest BCUT2D eigenvalue weighted by molar-refractivity contribution is -0.127. The SMILES string of the molecule is Cc1ccc(N(C(=O)CNC(=O)c2ccco2)[C@H](C(=O)NC(C)(C)C)c2ccc(C(C)C)cc2)cc1. The van der Waals surface area contributed by atoms with Gasteiger partial charge in [-0.05, 0) is 69.0 Å². The summed E-state index contributed by atoms with van der Waals surface area (Å²) in [4.78, 5) is 41.2. The number of rotatable bonds is 8. The van der Waals surface area contributed by atoms with E-state index < -0.39 is 23.4 Å². The van der Waals surface area contributed by atoms with E-state index in [1.54, 1.807) is 18.2 Å². The van der Waals surface area contributed by atoms with Crippen molar-refractivity contribution in [3.63, 3.8) is 0 Å². The number of anilines is 1. The quantitative estimate of drug-likeness (QED) is 0.459. The minimum absolute atomic E-state index is 0.107. The van der Waals surface area contributed by atoms with Crippen molar-refractivity contribution in [3.05, 3.63) is 89.4 Å². The highest BCUT2D eigenvalue weighted by atomic mass is 16.3. The van der Waals surface area contributed by atoms with Gasteiger partial charge in [0, 0.05) is 11.2 Å². The van der Waals surface area contributed by atoms with Crippen LogP contribution in [0.2, 0.25) is 0 Å². The number of benzene rings is 2. The normalized spacial score (nSPS) is 12.2. The van der Waals surface area contributed by atoms with Gasteiger partial charge in [-0.3, -0.25) is 19.3 Å². The van der Waals surface area contributed by atoms with Gasteiger partial charge in [0.15, 0.2) is 5.76 Å². The van der Waals surface area contributed by atoms with E-state index in [-0.39, 0.29) is 18.2 Å². The van der Waals surface area contributed by atoms with Crippen LogP contribution in [-0.4, -0.2) is 29.8 Å². The first-order chi connectivity index (χ1) is 17.0. The number of nitrogens with one attached hydrogen (secondary N) is 2. The Kier molecular flexibility index (Phi) is 8.35. The molecule has 7 nitrogen and oxygen atoms in total. The van der Waals surface area contributed by atoms with Crippen LogP contribution in [0.3, 0.4) is 0 Å². The summed E-state index contributed by atoms with van der Waals surface area (Å²) in [5.74, 6) is -0.815. The number of carbonyl (C=O) groups is 3. The lowest BCUT2D eigenvalue weighted by Crippen LogP contribution is -2.51. The van der Waals surface area contributed by atoms with Crippen molar-refractivity contribution in [3.8, 4) is 0 Å². The smallest absolute Gasteiger partial charge is 0.287 e. The van der Waals surface area contributed by atoms with Gasteiger partial charge in [-0.15, -0.1) is 0 Å². The van der Waals surface area contributed by atoms with E-state index in [2.05, 4.69) is 24.5 Å². The maximum absolute atomic E-state index is 13.7. The molecule has 3 rings (SSSR count). The van der Waals surface area contributed by atoms with Crippen LogP contribution in [0, 0.1) is 6.92 Å². The molecule has 1 atom stereocenters. The molecule has 0 aliphatic rings. The number of nitrogens with zero attached hydrogens (tertiary/aromatic N) is 1. The molecule has 0 fully saturated rings. The molecule has 0 aliphatic heterocycles. The third kappa shape index (κ3) is 6.84. The van der Waals surface area contributed by atoms with Gasteiger partial charge in [0.05, 0.1) is 12.8 Å². The van der Waals surface area contributed by atoms with E-state index >= 15 is 0 Å². The Balaban J connectivity index is 2.03. The molecule has 0 saturated heterocycles. The van der Waals surface area contributed by atoms with E-state index in [1.807, 2.05) is 64.1 Å². The van der Waals surface area contributed by atoms with Gasteiger partial charge in [-0.25, -0.2) is 0 Å². The first-order valence-corrected chi connectivity index (χ1v) is 12.1. The summed E-state index contributed by atoms with van der Waals surface area (Å²) < 4.78 is 5.13. The molecule has 1 aromatic heterocycles. The first kappa shape index (κ1) is 26.7. The molecule has 0 bridgehead atoms. The number of amides is 3. The summed E-state index contributed by atoms with van der Waals surface area (Å²) in [6.07, 6.45) is 1.39. The molecule has 3 aromatic rings. The van der Waals surface area contributed by atoms with Crippen molar-refractivity contribution in [2.45, 2.75) is 59.0 Å². The topological polar surface area (TPSA) is 91.7 Å². The standard InChI is InChI=1S/C29H35N3O4/c1-19(2)21-11-13-22(14-12-21)26(28(35)31-29(4,5)6)32(23-15-9-20(3)10-16-23)25(33)18-30-27(34)24-8-7-17-36-24/h7-17,19,26H,18H2,1-6H3,(H,30,34)(H,31,35)/t26-/m0/s1. The van der Waals surface area contributed by atoms with Crippen LogP contribution in [0.25, 0.3) is 0 Å². The molecule has 0 radical (unpaired) electrons. The highest BCUT2D eigenvalue weighted by Crippen LogP contribution is 2.30. The van der Waals surface area contributed by atoms with Crippen LogP contribution in [-0.2, 0) is 9.59 Å². The fraction of sp³-hybridized carbons (Fsp3) is 0.345. The van der Waals surface area contributed by atoms with Gasteiger partial charge in [0.1, 0.15) is 6.04 Å². The van der Waals surface area contributed by atoms with Gasteiger partial charge in [-0.1, -0.05) is 55.8 Å². The lowest BCUT2D eigenvalue weighted by Gasteiger charge is -2.34. The molecule has 0 aliphatic carbocycles. The zero-order chi connectivity index (χ0) is 26.5. The summed E-state index contributed by atoms with van der Waals surface area (Å²) in [6, 6.07) is 17.3. The van der Waals surface area contributed by atoms with Crippen molar-refractivity contribution in [1.29, 1.82) is 0 Å². The Bertz CT molecular complexity index is 1170. The Morgan fingerprint density at radius 1 is 0.917 bits per heavy atom. The average molecular weight is 490 g/mol. The van der Waals surface area contributed by atoms with Crippen LogP contribution in [0.5, 0.6) is 0 Å². The Hall–Kier alpha value is -3.87. The van der Waals surface area contributed by atoms with Crippen LogP contribution < -0.4 is 15.5 Å². The second-order valence-corrected chi connectivity index (χ2v) is 10.2. The predicted octanol–water partition coefficient (Wildman–Crippen LogP) is 5.13. The summed E-state index contributed by atoms with van der Waals surface area (Å²) in [5, 5.41) is 5.63. The van der Waals surface area contributed by atoms with E-state index in [0.29, 0.717) is 17.2 Å². The van der Waals surface area contributed by atoms with Gasteiger partial charge in [0.2, 0.25) is 11.8 Å². The number of aryl methyl sites for hydroxylation is 1. The van der Waals surface area contributed by atoms with Gasteiger partial charge < -0.3 is 15.1 Å². The second-order valence-electron chi connectivity index (χ2n) is 10.2. The fourth-order valence-corrected chi connectivity index (χ4v) is 3.80. The zero-order valence-electron chi connectivity index (χ0n) is 21.8. The van der Waals surface area contributed by atoms with E-state index in [4.69, 9.17) is 4.42 Å². The zero-order valence-corrected chi connectivity index (χ0v) is 21.8. The van der Waals surface area contributed by atoms with Gasteiger partial charge in [0.25, 0.3) is 5.91 Å². The predicted molar refractivity (Wildman–Crippen MR) is 141 cm³/mol. The van der Waals surface area contributed by atoms with Crippen LogP contribution in [0.1, 0.15) is 73.8 Å². The van der Waals surface area contributed by atoms with Crippen LogP contribution in [0.15, 0.2) is 71.3 Å². The summed E-state index contributed by atoms with van der Waals surface area (Å²) in [5.41, 5.74) is 2.87. The highest BCUT2D eigenvalue weighted by molar-refractivity contribution is 6.04. The first-order valence-electron chi connectivity index (χ1n) is 12.1. The summed E-state index contributed by atoms with van der Waals surface area (Å²) in [7, 11) is 0. The molecule has 2 N–H and O–H groups in total. The van der Waals surface area contributed by atoms with Crippen molar-refractivity contribution >= 4 is 23.4 Å². The maximum atomic E-state index is 13.7. The molecule has 1 heterocycles. The van der Waals surface area contributed by atoms with Crippen molar-refractivity contribution in [2.24, 2.45) is 0 Å². The number of furan rings is 1.